The number of nitrogens with zero attached hydrogens (tertiary/aromatic N) is 1. The normalized spacial score (nSPS) is 14.7. The molecule has 0 radical (unpaired) electrons. The van der Waals surface area contributed by atoms with E-state index in [1.54, 1.807) is 25.3 Å². The summed E-state index contributed by atoms with van der Waals surface area (Å²) in [7, 11) is 1.66. The maximum atomic E-state index is 11.9. The summed E-state index contributed by atoms with van der Waals surface area (Å²) in [5.41, 5.74) is 2.66. The van der Waals surface area contributed by atoms with Gasteiger partial charge in [0.1, 0.15) is 0 Å². The van der Waals surface area contributed by atoms with Crippen molar-refractivity contribution in [3.63, 3.8) is 0 Å². The van der Waals surface area contributed by atoms with Gasteiger partial charge in [-0.1, -0.05) is 11.6 Å². The van der Waals surface area contributed by atoms with Crippen molar-refractivity contribution in [3.8, 4) is 0 Å². The zero-order valence-electron chi connectivity index (χ0n) is 7.99. The van der Waals surface area contributed by atoms with Gasteiger partial charge in [0.05, 0.1) is 15.8 Å². The Kier molecular flexibility index (Phi) is 2.95. The van der Waals surface area contributed by atoms with Gasteiger partial charge in [0, 0.05) is 7.05 Å². The molecule has 0 saturated heterocycles. The summed E-state index contributed by atoms with van der Waals surface area (Å²) in [5, 5.41) is 0. The molecule has 2 rings (SSSR count). The Hall–Kier alpha value is -1.04. The van der Waals surface area contributed by atoms with Crippen molar-refractivity contribution in [1.29, 1.82) is 0 Å². The third-order valence-electron chi connectivity index (χ3n) is 1.96. The lowest BCUT2D eigenvalue weighted by Crippen LogP contribution is -2.26. The summed E-state index contributed by atoms with van der Waals surface area (Å²) in [6.45, 7) is 0.609. The van der Waals surface area contributed by atoms with Gasteiger partial charge in [0.25, 0.3) is 5.91 Å². The van der Waals surface area contributed by atoms with E-state index < -0.39 is 0 Å². The molecule has 0 aromatic carbocycles. The van der Waals surface area contributed by atoms with Gasteiger partial charge in [-0.05, 0) is 18.2 Å². The van der Waals surface area contributed by atoms with E-state index in [2.05, 4.69) is 5.48 Å². The van der Waals surface area contributed by atoms with E-state index in [4.69, 9.17) is 16.4 Å². The van der Waals surface area contributed by atoms with E-state index in [0.717, 1.165) is 0 Å². The second kappa shape index (κ2) is 4.22. The highest BCUT2D eigenvalue weighted by atomic mass is 35.5. The molecule has 0 unspecified atom stereocenters. The first kappa shape index (κ1) is 10.5. The van der Waals surface area contributed by atoms with Crippen molar-refractivity contribution in [2.24, 2.45) is 0 Å². The van der Waals surface area contributed by atoms with E-state index in [0.29, 0.717) is 21.6 Å². The van der Waals surface area contributed by atoms with Crippen LogP contribution in [0.3, 0.4) is 0 Å². The lowest BCUT2D eigenvalue weighted by Gasteiger charge is -2.15. The van der Waals surface area contributed by atoms with Gasteiger partial charge in [-0.25, -0.2) is 0 Å². The van der Waals surface area contributed by atoms with Crippen LogP contribution in [0.25, 0.3) is 0 Å². The Morgan fingerprint density at radius 2 is 2.47 bits per heavy atom. The monoisotopic (exact) mass is 244 g/mol. The molecule has 1 aromatic rings. The van der Waals surface area contributed by atoms with E-state index in [-0.39, 0.29) is 5.91 Å². The SMILES string of the molecule is CN(C(=O)c1ccc(Cl)s1)C1=CCNO1. The quantitative estimate of drug-likeness (QED) is 0.863. The molecule has 2 heterocycles. The van der Waals surface area contributed by atoms with Gasteiger partial charge in [-0.15, -0.1) is 11.3 Å². The summed E-state index contributed by atoms with van der Waals surface area (Å²) in [6, 6.07) is 3.41. The smallest absolute Gasteiger partial charge is 0.270 e. The molecule has 15 heavy (non-hydrogen) atoms. The number of hydroxylamine groups is 1. The fourth-order valence-corrected chi connectivity index (χ4v) is 2.21. The molecule has 0 fully saturated rings. The van der Waals surface area contributed by atoms with Gasteiger partial charge in [-0.3, -0.25) is 9.69 Å². The van der Waals surface area contributed by atoms with Crippen molar-refractivity contribution < 1.29 is 9.63 Å². The van der Waals surface area contributed by atoms with Gasteiger partial charge in [0.2, 0.25) is 5.88 Å². The molecule has 1 amide bonds. The predicted molar refractivity (Wildman–Crippen MR) is 58.6 cm³/mol. The van der Waals surface area contributed by atoms with Gasteiger partial charge in [0.15, 0.2) is 0 Å². The van der Waals surface area contributed by atoms with E-state index in [9.17, 15) is 4.79 Å². The fraction of sp³-hybridized carbons (Fsp3) is 0.222. The zero-order valence-corrected chi connectivity index (χ0v) is 9.56. The number of hydrogen-bond acceptors (Lipinski definition) is 4. The minimum absolute atomic E-state index is 0.123. The Morgan fingerprint density at radius 1 is 1.67 bits per heavy atom. The Bertz CT molecular complexity index is 416. The van der Waals surface area contributed by atoms with Crippen LogP contribution >= 0.6 is 22.9 Å². The number of carbonyl (C=O) groups is 1. The molecule has 0 bridgehead atoms. The van der Waals surface area contributed by atoms with Crippen LogP contribution in [-0.4, -0.2) is 24.4 Å². The summed E-state index contributed by atoms with van der Waals surface area (Å²) >= 11 is 7.01. The number of thiophene rings is 1. The molecule has 1 N–H and O–H groups in total. The highest BCUT2D eigenvalue weighted by molar-refractivity contribution is 7.17. The van der Waals surface area contributed by atoms with Crippen LogP contribution in [0, 0.1) is 0 Å². The third-order valence-corrected chi connectivity index (χ3v) is 3.18. The second-order valence-corrected chi connectivity index (χ2v) is 4.68. The van der Waals surface area contributed by atoms with Gasteiger partial charge < -0.3 is 4.84 Å². The topological polar surface area (TPSA) is 41.6 Å². The summed E-state index contributed by atoms with van der Waals surface area (Å²) in [4.78, 5) is 19.0. The van der Waals surface area contributed by atoms with Crippen molar-refractivity contribution in [3.05, 3.63) is 33.3 Å². The summed E-state index contributed by atoms with van der Waals surface area (Å²) in [5.74, 6) is 0.395. The highest BCUT2D eigenvalue weighted by Crippen LogP contribution is 2.23. The van der Waals surface area contributed by atoms with Gasteiger partial charge in [-0.2, -0.15) is 5.48 Å². The molecule has 0 saturated carbocycles. The molecule has 0 spiro atoms. The average molecular weight is 245 g/mol. The van der Waals surface area contributed by atoms with E-state index in [1.807, 2.05) is 0 Å². The molecular weight excluding hydrogens is 236 g/mol. The highest BCUT2D eigenvalue weighted by Gasteiger charge is 2.20. The van der Waals surface area contributed by atoms with Crippen LogP contribution in [0.2, 0.25) is 4.34 Å². The molecule has 0 aliphatic carbocycles. The minimum atomic E-state index is -0.123. The van der Waals surface area contributed by atoms with Crippen LogP contribution < -0.4 is 5.48 Å². The molecular formula is C9H9ClN2O2S. The molecule has 80 valence electrons. The maximum absolute atomic E-state index is 11.9. The van der Waals surface area contributed by atoms with Crippen LogP contribution in [0.4, 0.5) is 0 Å². The van der Waals surface area contributed by atoms with Crippen molar-refractivity contribution in [2.75, 3.05) is 13.6 Å². The lowest BCUT2D eigenvalue weighted by atomic mass is 10.4. The maximum Gasteiger partial charge on any atom is 0.270 e. The molecule has 4 nitrogen and oxygen atoms in total. The number of amides is 1. The first-order valence-electron chi connectivity index (χ1n) is 4.32. The number of halogens is 1. The Labute approximate surface area is 96.0 Å². The summed E-state index contributed by atoms with van der Waals surface area (Å²) < 4.78 is 0.603. The number of nitrogens with one attached hydrogen (secondary N) is 1. The number of carbonyl (C=O) groups excluding carboxylic acids is 1. The third kappa shape index (κ3) is 2.14. The molecule has 0 atom stereocenters. The van der Waals surface area contributed by atoms with Crippen LogP contribution in [-0.2, 0) is 4.84 Å². The van der Waals surface area contributed by atoms with Crippen LogP contribution in [0.15, 0.2) is 24.1 Å². The van der Waals surface area contributed by atoms with E-state index in [1.165, 1.54) is 16.2 Å². The van der Waals surface area contributed by atoms with E-state index >= 15 is 0 Å². The average Bonchev–Trinajstić information content (AvgIpc) is 2.85. The standard InChI is InChI=1S/C9H9ClN2O2S/c1-12(8-4-5-11-14-8)9(13)6-2-3-7(10)15-6/h2-4,11H,5H2,1H3. The second-order valence-electron chi connectivity index (χ2n) is 2.96. The first-order valence-corrected chi connectivity index (χ1v) is 5.51. The zero-order chi connectivity index (χ0) is 10.8. The van der Waals surface area contributed by atoms with Crippen molar-refractivity contribution in [1.82, 2.24) is 10.4 Å². The minimum Gasteiger partial charge on any atom is -0.390 e. The lowest BCUT2D eigenvalue weighted by molar-refractivity contribution is 0.0559. The molecule has 1 aliphatic rings. The number of rotatable bonds is 2. The van der Waals surface area contributed by atoms with Crippen molar-refractivity contribution >= 4 is 28.8 Å². The summed E-state index contributed by atoms with van der Waals surface area (Å²) in [6.07, 6.45) is 1.80. The number of hydrogen-bond donors (Lipinski definition) is 1. The molecule has 1 aliphatic heterocycles. The van der Waals surface area contributed by atoms with Gasteiger partial charge >= 0.3 is 0 Å². The molecule has 6 heteroatoms. The predicted octanol–water partition coefficient (Wildman–Crippen LogP) is 1.85. The Balaban J connectivity index is 2.14. The Morgan fingerprint density at radius 3 is 3.00 bits per heavy atom. The fourth-order valence-electron chi connectivity index (χ4n) is 1.19. The molecule has 1 aromatic heterocycles. The van der Waals surface area contributed by atoms with Crippen molar-refractivity contribution in [2.45, 2.75) is 0 Å². The first-order chi connectivity index (χ1) is 7.18. The largest absolute Gasteiger partial charge is 0.390 e. The van der Waals surface area contributed by atoms with Crippen LogP contribution in [0.1, 0.15) is 9.67 Å². The van der Waals surface area contributed by atoms with Crippen LogP contribution in [0.5, 0.6) is 0 Å².